The van der Waals surface area contributed by atoms with E-state index in [1.807, 2.05) is 6.92 Å². The summed E-state index contributed by atoms with van der Waals surface area (Å²) in [5.41, 5.74) is 1.59. The van der Waals surface area contributed by atoms with Crippen LogP contribution in [0.25, 0.3) is 0 Å². The first-order valence-electron chi connectivity index (χ1n) is 4.72. The van der Waals surface area contributed by atoms with Gasteiger partial charge in [0.1, 0.15) is 0 Å². The summed E-state index contributed by atoms with van der Waals surface area (Å²) in [5.74, 6) is -0.976. The Labute approximate surface area is 98.2 Å². The monoisotopic (exact) mass is 241 g/mol. The molecular weight excluding hydrogens is 230 g/mol. The van der Waals surface area contributed by atoms with Gasteiger partial charge in [-0.15, -0.1) is 0 Å². The molecule has 0 radical (unpaired) electrons. The van der Waals surface area contributed by atoms with Crippen molar-refractivity contribution < 1.29 is 14.7 Å². The lowest BCUT2D eigenvalue weighted by atomic mass is 10.0. The minimum Gasteiger partial charge on any atom is -0.481 e. The molecule has 86 valence electrons. The van der Waals surface area contributed by atoms with E-state index in [0.717, 1.165) is 5.56 Å². The number of rotatable bonds is 5. The molecule has 0 fully saturated rings. The quantitative estimate of drug-likeness (QED) is 0.774. The van der Waals surface area contributed by atoms with Crippen LogP contribution in [0.15, 0.2) is 18.2 Å². The molecule has 1 atom stereocenters. The van der Waals surface area contributed by atoms with Crippen LogP contribution in [0.5, 0.6) is 0 Å². The van der Waals surface area contributed by atoms with E-state index in [1.54, 1.807) is 18.2 Å². The molecule has 1 rings (SSSR count). The third kappa shape index (κ3) is 3.24. The molecule has 1 aromatic carbocycles. The number of carboxylic acids is 1. The highest BCUT2D eigenvalue weighted by Crippen LogP contribution is 2.23. The topological polar surface area (TPSA) is 66.4 Å². The summed E-state index contributed by atoms with van der Waals surface area (Å²) in [7, 11) is 0. The van der Waals surface area contributed by atoms with Gasteiger partial charge in [-0.05, 0) is 24.1 Å². The molecule has 4 nitrogen and oxygen atoms in total. The zero-order valence-electron chi connectivity index (χ0n) is 8.74. The van der Waals surface area contributed by atoms with Gasteiger partial charge in [0.2, 0.25) is 6.41 Å². The van der Waals surface area contributed by atoms with Gasteiger partial charge in [0.15, 0.2) is 0 Å². The Bertz CT molecular complexity index is 406. The number of hydrogen-bond acceptors (Lipinski definition) is 2. The van der Waals surface area contributed by atoms with Crippen molar-refractivity contribution in [1.29, 1.82) is 0 Å². The van der Waals surface area contributed by atoms with Crippen LogP contribution in [0, 0.1) is 6.92 Å². The molecule has 0 aliphatic rings. The molecule has 0 unspecified atom stereocenters. The molecule has 16 heavy (non-hydrogen) atoms. The second kappa shape index (κ2) is 5.51. The Hall–Kier alpha value is -1.55. The smallest absolute Gasteiger partial charge is 0.305 e. The number of nitrogens with one attached hydrogen (secondary N) is 1. The Kier molecular flexibility index (Phi) is 4.31. The Balaban J connectivity index is 2.95. The second-order valence-corrected chi connectivity index (χ2v) is 3.85. The largest absolute Gasteiger partial charge is 0.481 e. The summed E-state index contributed by atoms with van der Waals surface area (Å²) >= 11 is 5.93. The maximum absolute atomic E-state index is 10.6. The van der Waals surface area contributed by atoms with Crippen LogP contribution >= 0.6 is 11.6 Å². The minimum atomic E-state index is -0.976. The molecular formula is C11H12ClNO3. The molecule has 0 aromatic heterocycles. The number of carbonyl (C=O) groups excluding carboxylic acids is 1. The van der Waals surface area contributed by atoms with E-state index in [1.165, 1.54) is 0 Å². The number of aliphatic carboxylic acids is 1. The predicted molar refractivity (Wildman–Crippen MR) is 60.4 cm³/mol. The van der Waals surface area contributed by atoms with Crippen LogP contribution in [-0.2, 0) is 9.59 Å². The van der Waals surface area contributed by atoms with Gasteiger partial charge >= 0.3 is 5.97 Å². The molecule has 0 bridgehead atoms. The van der Waals surface area contributed by atoms with Crippen molar-refractivity contribution in [2.75, 3.05) is 0 Å². The SMILES string of the molecule is Cc1ccc([C@H](CC(=O)O)NC=O)cc1Cl. The highest BCUT2D eigenvalue weighted by Gasteiger charge is 2.15. The fourth-order valence-corrected chi connectivity index (χ4v) is 1.54. The van der Waals surface area contributed by atoms with Gasteiger partial charge < -0.3 is 10.4 Å². The third-order valence-electron chi connectivity index (χ3n) is 2.25. The number of halogens is 1. The average Bonchev–Trinajstić information content (AvgIpc) is 2.21. The van der Waals surface area contributed by atoms with Gasteiger partial charge in [-0.1, -0.05) is 23.7 Å². The van der Waals surface area contributed by atoms with E-state index in [0.29, 0.717) is 17.0 Å². The lowest BCUT2D eigenvalue weighted by Gasteiger charge is -2.15. The van der Waals surface area contributed by atoms with E-state index in [2.05, 4.69) is 5.32 Å². The first-order valence-corrected chi connectivity index (χ1v) is 5.10. The minimum absolute atomic E-state index is 0.169. The van der Waals surface area contributed by atoms with Gasteiger partial charge in [0, 0.05) is 5.02 Å². The number of hydrogen-bond donors (Lipinski definition) is 2. The first kappa shape index (κ1) is 12.5. The van der Waals surface area contributed by atoms with Gasteiger partial charge in [-0.3, -0.25) is 9.59 Å². The third-order valence-corrected chi connectivity index (χ3v) is 2.65. The van der Waals surface area contributed by atoms with Crippen LogP contribution in [0.4, 0.5) is 0 Å². The summed E-state index contributed by atoms with van der Waals surface area (Å²) in [6.07, 6.45) is 0.319. The highest BCUT2D eigenvalue weighted by atomic mass is 35.5. The average molecular weight is 242 g/mol. The van der Waals surface area contributed by atoms with E-state index < -0.39 is 12.0 Å². The molecule has 0 saturated carbocycles. The fourth-order valence-electron chi connectivity index (χ4n) is 1.36. The number of carboxylic acid groups (broad SMARTS) is 1. The Morgan fingerprint density at radius 2 is 2.31 bits per heavy atom. The van der Waals surface area contributed by atoms with Crippen LogP contribution in [-0.4, -0.2) is 17.5 Å². The van der Waals surface area contributed by atoms with Gasteiger partial charge in [0.05, 0.1) is 12.5 Å². The van der Waals surface area contributed by atoms with Crippen molar-refractivity contribution in [3.8, 4) is 0 Å². The normalized spacial score (nSPS) is 11.9. The summed E-state index contributed by atoms with van der Waals surface area (Å²) in [6, 6.07) is 4.67. The standard InChI is InChI=1S/C11H12ClNO3/c1-7-2-3-8(4-9(7)12)10(13-6-14)5-11(15)16/h2-4,6,10H,5H2,1H3,(H,13,14)(H,15,16)/t10-/m0/s1. The van der Waals surface area contributed by atoms with E-state index in [4.69, 9.17) is 16.7 Å². The van der Waals surface area contributed by atoms with Crippen molar-refractivity contribution >= 4 is 24.0 Å². The summed E-state index contributed by atoms with van der Waals surface area (Å²) < 4.78 is 0. The number of carbonyl (C=O) groups is 2. The van der Waals surface area contributed by atoms with Gasteiger partial charge in [-0.2, -0.15) is 0 Å². The molecule has 1 amide bonds. The highest BCUT2D eigenvalue weighted by molar-refractivity contribution is 6.31. The van der Waals surface area contributed by atoms with E-state index in [9.17, 15) is 9.59 Å². The molecule has 5 heteroatoms. The van der Waals surface area contributed by atoms with Crippen LogP contribution in [0.1, 0.15) is 23.6 Å². The van der Waals surface area contributed by atoms with E-state index in [-0.39, 0.29) is 6.42 Å². The van der Waals surface area contributed by atoms with Crippen molar-refractivity contribution in [2.24, 2.45) is 0 Å². The van der Waals surface area contributed by atoms with E-state index >= 15 is 0 Å². The van der Waals surface area contributed by atoms with Crippen LogP contribution in [0.2, 0.25) is 5.02 Å². The van der Waals surface area contributed by atoms with Crippen molar-refractivity contribution in [2.45, 2.75) is 19.4 Å². The molecule has 0 spiro atoms. The molecule has 0 aliphatic carbocycles. The summed E-state index contributed by atoms with van der Waals surface area (Å²) in [5, 5.41) is 11.7. The number of aryl methyl sites for hydroxylation is 1. The van der Waals surface area contributed by atoms with Crippen molar-refractivity contribution in [1.82, 2.24) is 5.32 Å². The Morgan fingerprint density at radius 3 is 2.81 bits per heavy atom. The lowest BCUT2D eigenvalue weighted by molar-refractivity contribution is -0.137. The second-order valence-electron chi connectivity index (χ2n) is 3.44. The lowest BCUT2D eigenvalue weighted by Crippen LogP contribution is -2.22. The van der Waals surface area contributed by atoms with Crippen molar-refractivity contribution in [3.05, 3.63) is 34.3 Å². The maximum atomic E-state index is 10.6. The van der Waals surface area contributed by atoms with Crippen LogP contribution < -0.4 is 5.32 Å². The number of benzene rings is 1. The molecule has 0 heterocycles. The van der Waals surface area contributed by atoms with Crippen LogP contribution in [0.3, 0.4) is 0 Å². The molecule has 1 aromatic rings. The van der Waals surface area contributed by atoms with Gasteiger partial charge in [-0.25, -0.2) is 0 Å². The fraction of sp³-hybridized carbons (Fsp3) is 0.273. The molecule has 0 saturated heterocycles. The first-order chi connectivity index (χ1) is 7.54. The summed E-state index contributed by atoms with van der Waals surface area (Å²) in [4.78, 5) is 21.0. The summed E-state index contributed by atoms with van der Waals surface area (Å²) in [6.45, 7) is 1.85. The van der Waals surface area contributed by atoms with Gasteiger partial charge in [0.25, 0.3) is 0 Å². The zero-order chi connectivity index (χ0) is 12.1. The predicted octanol–water partition coefficient (Wildman–Crippen LogP) is 1.91. The molecule has 2 N–H and O–H groups in total. The van der Waals surface area contributed by atoms with Crippen molar-refractivity contribution in [3.63, 3.8) is 0 Å². The number of amides is 1. The molecule has 0 aliphatic heterocycles. The zero-order valence-corrected chi connectivity index (χ0v) is 9.49. The Morgan fingerprint density at radius 1 is 1.62 bits per heavy atom. The maximum Gasteiger partial charge on any atom is 0.305 e.